The topological polar surface area (TPSA) is 28.2 Å². The highest BCUT2D eigenvalue weighted by atomic mass is 15.2. The van der Waals surface area contributed by atoms with Gasteiger partial charge in [0.25, 0.3) is 0 Å². The molecule has 1 N–H and O–H groups in total. The lowest BCUT2D eigenvalue weighted by Crippen LogP contribution is -2.45. The fourth-order valence-corrected chi connectivity index (χ4v) is 2.65. The number of aromatic nitrogens is 1. The Kier molecular flexibility index (Phi) is 2.89. The first-order valence-corrected chi connectivity index (χ1v) is 6.31. The number of nitrogens with one attached hydrogen (secondary N) is 1. The van der Waals surface area contributed by atoms with Crippen LogP contribution in [-0.2, 0) is 0 Å². The van der Waals surface area contributed by atoms with Gasteiger partial charge in [0.05, 0.1) is 11.7 Å². The fraction of sp³-hybridized carbons (Fsp3) is 0.615. The highest BCUT2D eigenvalue weighted by Crippen LogP contribution is 2.43. The van der Waals surface area contributed by atoms with E-state index in [1.165, 1.54) is 18.5 Å². The molecule has 1 unspecified atom stereocenters. The first-order chi connectivity index (χ1) is 7.95. The monoisotopic (exact) mass is 217 g/mol. The molecule has 2 heterocycles. The smallest absolute Gasteiger partial charge is 0.0578 e. The summed E-state index contributed by atoms with van der Waals surface area (Å²) in [7, 11) is 0. The van der Waals surface area contributed by atoms with E-state index in [9.17, 15) is 0 Å². The van der Waals surface area contributed by atoms with Gasteiger partial charge in [0.1, 0.15) is 0 Å². The maximum atomic E-state index is 4.55. The van der Waals surface area contributed by atoms with E-state index in [0.717, 1.165) is 32.1 Å². The maximum absolute atomic E-state index is 4.55. The molecule has 0 amide bonds. The minimum Gasteiger partial charge on any atom is -0.314 e. The van der Waals surface area contributed by atoms with E-state index < -0.39 is 0 Å². The fourth-order valence-electron chi connectivity index (χ4n) is 2.65. The molecule has 0 bridgehead atoms. The molecular weight excluding hydrogens is 198 g/mol. The van der Waals surface area contributed by atoms with E-state index in [-0.39, 0.29) is 0 Å². The molecule has 1 saturated heterocycles. The van der Waals surface area contributed by atoms with Gasteiger partial charge < -0.3 is 5.32 Å². The molecule has 3 heteroatoms. The second-order valence-corrected chi connectivity index (χ2v) is 4.82. The second-order valence-electron chi connectivity index (χ2n) is 4.82. The van der Waals surface area contributed by atoms with Crippen molar-refractivity contribution in [3.63, 3.8) is 0 Å². The third-order valence-electron chi connectivity index (χ3n) is 3.60. The molecule has 0 radical (unpaired) electrons. The molecule has 1 saturated carbocycles. The van der Waals surface area contributed by atoms with Gasteiger partial charge in [-0.25, -0.2) is 0 Å². The van der Waals surface area contributed by atoms with Gasteiger partial charge in [-0.2, -0.15) is 0 Å². The molecule has 0 spiro atoms. The highest BCUT2D eigenvalue weighted by Gasteiger charge is 2.37. The standard InChI is InChI=1S/C13H19N3/c1-2-6-15-12(3-1)13(11-4-5-11)16-9-7-14-8-10-16/h1-3,6,11,13-14H,4-5,7-10H2. The Morgan fingerprint density at radius 1 is 1.25 bits per heavy atom. The summed E-state index contributed by atoms with van der Waals surface area (Å²) >= 11 is 0. The van der Waals surface area contributed by atoms with Gasteiger partial charge in [-0.05, 0) is 30.9 Å². The van der Waals surface area contributed by atoms with Gasteiger partial charge in [-0.3, -0.25) is 9.88 Å². The van der Waals surface area contributed by atoms with Crippen molar-refractivity contribution in [3.05, 3.63) is 30.1 Å². The van der Waals surface area contributed by atoms with E-state index in [1.807, 2.05) is 12.3 Å². The first-order valence-electron chi connectivity index (χ1n) is 6.31. The summed E-state index contributed by atoms with van der Waals surface area (Å²) in [6.07, 6.45) is 4.68. The van der Waals surface area contributed by atoms with Crippen LogP contribution in [0.1, 0.15) is 24.6 Å². The van der Waals surface area contributed by atoms with Crippen LogP contribution in [0.2, 0.25) is 0 Å². The van der Waals surface area contributed by atoms with Crippen LogP contribution in [0.3, 0.4) is 0 Å². The number of piperazine rings is 1. The third kappa shape index (κ3) is 2.11. The van der Waals surface area contributed by atoms with Gasteiger partial charge in [0.2, 0.25) is 0 Å². The molecule has 16 heavy (non-hydrogen) atoms. The average molecular weight is 217 g/mol. The summed E-state index contributed by atoms with van der Waals surface area (Å²) in [6.45, 7) is 4.57. The van der Waals surface area contributed by atoms with E-state index in [0.29, 0.717) is 6.04 Å². The predicted molar refractivity (Wildman–Crippen MR) is 64.1 cm³/mol. The van der Waals surface area contributed by atoms with Crippen molar-refractivity contribution in [3.8, 4) is 0 Å². The Balaban J connectivity index is 1.80. The molecule has 86 valence electrons. The maximum Gasteiger partial charge on any atom is 0.0578 e. The number of rotatable bonds is 3. The van der Waals surface area contributed by atoms with Crippen LogP contribution < -0.4 is 5.32 Å². The molecule has 2 aliphatic rings. The molecule has 1 aliphatic heterocycles. The van der Waals surface area contributed by atoms with Crippen molar-refractivity contribution in [2.24, 2.45) is 5.92 Å². The van der Waals surface area contributed by atoms with E-state index in [1.54, 1.807) is 0 Å². The normalized spacial score (nSPS) is 24.2. The average Bonchev–Trinajstić information content (AvgIpc) is 3.17. The SMILES string of the molecule is c1ccc(C(C2CC2)N2CCNCC2)nc1. The van der Waals surface area contributed by atoms with Crippen LogP contribution in [0.5, 0.6) is 0 Å². The van der Waals surface area contributed by atoms with Gasteiger partial charge in [0, 0.05) is 32.4 Å². The zero-order chi connectivity index (χ0) is 10.8. The lowest BCUT2D eigenvalue weighted by molar-refractivity contribution is 0.153. The number of hydrogen-bond donors (Lipinski definition) is 1. The largest absolute Gasteiger partial charge is 0.314 e. The van der Waals surface area contributed by atoms with Crippen molar-refractivity contribution < 1.29 is 0 Å². The minimum absolute atomic E-state index is 0.572. The van der Waals surface area contributed by atoms with Crippen LogP contribution in [-0.4, -0.2) is 36.1 Å². The van der Waals surface area contributed by atoms with Crippen molar-refractivity contribution in [2.45, 2.75) is 18.9 Å². The Bertz CT molecular complexity index is 328. The quantitative estimate of drug-likeness (QED) is 0.830. The van der Waals surface area contributed by atoms with Gasteiger partial charge in [-0.15, -0.1) is 0 Å². The molecular formula is C13H19N3. The predicted octanol–water partition coefficient (Wildman–Crippen LogP) is 1.44. The van der Waals surface area contributed by atoms with Gasteiger partial charge in [0.15, 0.2) is 0 Å². The lowest BCUT2D eigenvalue weighted by atomic mass is 10.1. The lowest BCUT2D eigenvalue weighted by Gasteiger charge is -2.34. The second kappa shape index (κ2) is 4.52. The summed E-state index contributed by atoms with van der Waals surface area (Å²) in [6, 6.07) is 6.87. The highest BCUT2D eigenvalue weighted by molar-refractivity contribution is 5.12. The Labute approximate surface area is 96.9 Å². The Hall–Kier alpha value is -0.930. The summed E-state index contributed by atoms with van der Waals surface area (Å²) in [5.74, 6) is 0.855. The van der Waals surface area contributed by atoms with Crippen LogP contribution in [0.15, 0.2) is 24.4 Å². The summed E-state index contributed by atoms with van der Waals surface area (Å²) in [5, 5.41) is 3.42. The first kappa shape index (κ1) is 10.2. The molecule has 1 aromatic rings. The molecule has 1 atom stereocenters. The van der Waals surface area contributed by atoms with Crippen LogP contribution in [0.25, 0.3) is 0 Å². The number of hydrogen-bond acceptors (Lipinski definition) is 3. The van der Waals surface area contributed by atoms with Crippen molar-refractivity contribution in [1.29, 1.82) is 0 Å². The molecule has 0 aromatic carbocycles. The Morgan fingerprint density at radius 3 is 2.69 bits per heavy atom. The molecule has 3 rings (SSSR count). The van der Waals surface area contributed by atoms with Crippen molar-refractivity contribution >= 4 is 0 Å². The number of nitrogens with zero attached hydrogens (tertiary/aromatic N) is 2. The van der Waals surface area contributed by atoms with E-state index in [2.05, 4.69) is 27.3 Å². The van der Waals surface area contributed by atoms with Crippen molar-refractivity contribution in [2.75, 3.05) is 26.2 Å². The van der Waals surface area contributed by atoms with Crippen LogP contribution in [0.4, 0.5) is 0 Å². The minimum atomic E-state index is 0.572. The molecule has 2 fully saturated rings. The zero-order valence-electron chi connectivity index (χ0n) is 9.60. The van der Waals surface area contributed by atoms with Crippen molar-refractivity contribution in [1.82, 2.24) is 15.2 Å². The number of pyridine rings is 1. The summed E-state index contributed by atoms with van der Waals surface area (Å²) in [5.41, 5.74) is 1.27. The summed E-state index contributed by atoms with van der Waals surface area (Å²) < 4.78 is 0. The molecule has 1 aromatic heterocycles. The van der Waals surface area contributed by atoms with Crippen LogP contribution in [0, 0.1) is 5.92 Å². The van der Waals surface area contributed by atoms with Gasteiger partial charge >= 0.3 is 0 Å². The summed E-state index contributed by atoms with van der Waals surface area (Å²) in [4.78, 5) is 7.16. The molecule has 1 aliphatic carbocycles. The Morgan fingerprint density at radius 2 is 2.06 bits per heavy atom. The van der Waals surface area contributed by atoms with Gasteiger partial charge in [-0.1, -0.05) is 6.07 Å². The zero-order valence-corrected chi connectivity index (χ0v) is 9.60. The molecule has 3 nitrogen and oxygen atoms in total. The van der Waals surface area contributed by atoms with E-state index >= 15 is 0 Å². The third-order valence-corrected chi connectivity index (χ3v) is 3.60. The van der Waals surface area contributed by atoms with E-state index in [4.69, 9.17) is 0 Å². The van der Waals surface area contributed by atoms with Crippen LogP contribution >= 0.6 is 0 Å².